The van der Waals surface area contributed by atoms with Crippen molar-refractivity contribution < 1.29 is 22.7 Å². The van der Waals surface area contributed by atoms with Crippen LogP contribution in [0.3, 0.4) is 0 Å². The lowest BCUT2D eigenvalue weighted by Gasteiger charge is -2.26. The molecule has 196 valence electrons. The molecule has 5 rings (SSSR count). The second-order valence-electron chi connectivity index (χ2n) is 8.79. The molecule has 9 nitrogen and oxygen atoms in total. The smallest absolute Gasteiger partial charge is 0.399 e. The summed E-state index contributed by atoms with van der Waals surface area (Å²) in [6.45, 7) is 4.77. The first-order valence-corrected chi connectivity index (χ1v) is 12.7. The zero-order chi connectivity index (χ0) is 26.3. The Morgan fingerprint density at radius 1 is 1.19 bits per heavy atom. The number of benzene rings is 1. The minimum atomic E-state index is -4.53. The lowest BCUT2D eigenvalue weighted by Crippen LogP contribution is -2.36. The highest BCUT2D eigenvalue weighted by molar-refractivity contribution is 7.13. The van der Waals surface area contributed by atoms with Gasteiger partial charge in [-0.15, -0.1) is 11.3 Å². The Morgan fingerprint density at radius 2 is 1.95 bits per heavy atom. The highest BCUT2D eigenvalue weighted by atomic mass is 35.5. The number of nitrogen functional groups attached to an aromatic ring is 1. The third-order valence-corrected chi connectivity index (χ3v) is 7.26. The van der Waals surface area contributed by atoms with Crippen LogP contribution in [0, 0.1) is 0 Å². The van der Waals surface area contributed by atoms with Gasteiger partial charge in [0.05, 0.1) is 43.6 Å². The van der Waals surface area contributed by atoms with Gasteiger partial charge in [-0.1, -0.05) is 0 Å². The summed E-state index contributed by atoms with van der Waals surface area (Å²) in [5, 5.41) is 5.59. The number of nitrogens with two attached hydrogens (primary N) is 1. The Hall–Kier alpha value is -3.16. The summed E-state index contributed by atoms with van der Waals surface area (Å²) in [6.07, 6.45) is -4.53. The SMILES string of the molecule is C[C@@H](Nc1nc(Cl)nc2c1CN(C(=O)c1csc(N3CCOCC3)n1)C2)c1cc(N)cc(C(F)(F)F)c1. The maximum atomic E-state index is 13.3. The number of carbonyl (C=O) groups excluding carboxylic acids is 1. The summed E-state index contributed by atoms with van der Waals surface area (Å²) in [5.41, 5.74) is 6.77. The van der Waals surface area contributed by atoms with Crippen LogP contribution >= 0.6 is 22.9 Å². The van der Waals surface area contributed by atoms with E-state index >= 15 is 0 Å². The molecule has 3 N–H and O–H groups in total. The van der Waals surface area contributed by atoms with Crippen molar-refractivity contribution in [3.63, 3.8) is 0 Å². The van der Waals surface area contributed by atoms with E-state index in [0.717, 1.165) is 30.4 Å². The molecule has 1 amide bonds. The van der Waals surface area contributed by atoms with Crippen LogP contribution in [0.5, 0.6) is 0 Å². The van der Waals surface area contributed by atoms with Crippen molar-refractivity contribution >= 4 is 45.5 Å². The van der Waals surface area contributed by atoms with Crippen LogP contribution in [0.4, 0.5) is 29.8 Å². The molecule has 2 aliphatic rings. The van der Waals surface area contributed by atoms with Gasteiger partial charge in [-0.3, -0.25) is 4.79 Å². The molecular formula is C23H23ClF3N7O2S. The molecule has 0 aliphatic carbocycles. The van der Waals surface area contributed by atoms with E-state index in [-0.39, 0.29) is 30.0 Å². The van der Waals surface area contributed by atoms with Crippen LogP contribution in [0.15, 0.2) is 23.6 Å². The molecule has 14 heteroatoms. The summed E-state index contributed by atoms with van der Waals surface area (Å²) in [4.78, 5) is 29.9. The number of thiazole rings is 1. The largest absolute Gasteiger partial charge is 0.416 e. The average Bonchev–Trinajstić information content (AvgIpc) is 3.51. The fraction of sp³-hybridized carbons (Fsp3) is 0.391. The lowest BCUT2D eigenvalue weighted by atomic mass is 10.0. The number of carbonyl (C=O) groups is 1. The third-order valence-electron chi connectivity index (χ3n) is 6.19. The van der Waals surface area contributed by atoms with E-state index in [0.29, 0.717) is 41.5 Å². The van der Waals surface area contributed by atoms with Crippen molar-refractivity contribution in [2.45, 2.75) is 32.2 Å². The molecule has 1 fully saturated rings. The standard InChI is InChI=1S/C23H23ClF3N7O2S/c1-12(13-6-14(23(25,26)27)8-15(28)7-13)29-19-16-9-34(10-17(16)30-21(24)32-19)20(35)18-11-37-22(31-18)33-2-4-36-5-3-33/h6-8,11-12H,2-5,9-10,28H2,1H3,(H,29,30,32)/t12-/m1/s1. The monoisotopic (exact) mass is 553 g/mol. The maximum absolute atomic E-state index is 13.3. The van der Waals surface area contributed by atoms with Gasteiger partial charge in [-0.25, -0.2) is 15.0 Å². The zero-order valence-corrected chi connectivity index (χ0v) is 21.3. The molecule has 4 heterocycles. The number of fused-ring (bicyclic) bond motifs is 1. The summed E-state index contributed by atoms with van der Waals surface area (Å²) in [7, 11) is 0. The number of nitrogens with one attached hydrogen (secondary N) is 1. The van der Waals surface area contributed by atoms with Crippen molar-refractivity contribution in [3.05, 3.63) is 56.9 Å². The van der Waals surface area contributed by atoms with Gasteiger partial charge in [-0.2, -0.15) is 13.2 Å². The van der Waals surface area contributed by atoms with Crippen molar-refractivity contribution in [2.24, 2.45) is 0 Å². The van der Waals surface area contributed by atoms with Crippen molar-refractivity contribution in [1.82, 2.24) is 19.9 Å². The first-order valence-electron chi connectivity index (χ1n) is 11.5. The van der Waals surface area contributed by atoms with E-state index in [9.17, 15) is 18.0 Å². The number of hydrogen-bond donors (Lipinski definition) is 2. The van der Waals surface area contributed by atoms with Crippen molar-refractivity contribution in [1.29, 1.82) is 0 Å². The van der Waals surface area contributed by atoms with Crippen molar-refractivity contribution in [2.75, 3.05) is 42.3 Å². The molecule has 0 bridgehead atoms. The average molecular weight is 554 g/mol. The number of ether oxygens (including phenoxy) is 1. The number of aromatic nitrogens is 3. The maximum Gasteiger partial charge on any atom is 0.416 e. The first kappa shape index (κ1) is 25.5. The van der Waals surface area contributed by atoms with Crippen molar-refractivity contribution in [3.8, 4) is 0 Å². The second kappa shape index (κ2) is 9.95. The predicted molar refractivity (Wildman–Crippen MR) is 134 cm³/mol. The van der Waals surface area contributed by atoms with Crippen LogP contribution in [0.25, 0.3) is 0 Å². The van der Waals surface area contributed by atoms with E-state index in [2.05, 4.69) is 25.2 Å². The van der Waals surface area contributed by atoms with Gasteiger partial charge in [0, 0.05) is 29.7 Å². The van der Waals surface area contributed by atoms with Gasteiger partial charge in [-0.05, 0) is 42.3 Å². The molecule has 0 radical (unpaired) electrons. The third kappa shape index (κ3) is 5.43. The van der Waals surface area contributed by atoms with Gasteiger partial charge < -0.3 is 25.6 Å². The fourth-order valence-electron chi connectivity index (χ4n) is 4.29. The molecule has 37 heavy (non-hydrogen) atoms. The number of halogens is 4. The molecule has 1 atom stereocenters. The summed E-state index contributed by atoms with van der Waals surface area (Å²) >= 11 is 7.54. The van der Waals surface area contributed by atoms with Crippen LogP contribution in [0.2, 0.25) is 5.28 Å². The number of morpholine rings is 1. The predicted octanol–water partition coefficient (Wildman–Crippen LogP) is 4.35. The van der Waals surface area contributed by atoms with Crippen LogP contribution in [-0.2, 0) is 24.0 Å². The normalized spacial score (nSPS) is 16.6. The second-order valence-corrected chi connectivity index (χ2v) is 9.97. The van der Waals surface area contributed by atoms with Crippen LogP contribution in [-0.4, -0.2) is 52.1 Å². The lowest BCUT2D eigenvalue weighted by molar-refractivity contribution is -0.137. The molecule has 3 aromatic rings. The van der Waals surface area contributed by atoms with Gasteiger partial charge in [0.15, 0.2) is 5.13 Å². The molecular weight excluding hydrogens is 531 g/mol. The van der Waals surface area contributed by atoms with E-state index in [1.165, 1.54) is 17.4 Å². The number of anilines is 3. The molecule has 2 aromatic heterocycles. The van der Waals surface area contributed by atoms with E-state index < -0.39 is 17.8 Å². The van der Waals surface area contributed by atoms with Gasteiger partial charge in [0.1, 0.15) is 11.5 Å². The van der Waals surface area contributed by atoms with Gasteiger partial charge >= 0.3 is 6.18 Å². The molecule has 0 saturated carbocycles. The van der Waals surface area contributed by atoms with E-state index in [4.69, 9.17) is 22.1 Å². The number of hydrogen-bond acceptors (Lipinski definition) is 9. The van der Waals surface area contributed by atoms with E-state index in [1.807, 2.05) is 0 Å². The molecule has 0 spiro atoms. The molecule has 1 saturated heterocycles. The Bertz CT molecular complexity index is 1330. The van der Waals surface area contributed by atoms with Crippen LogP contribution < -0.4 is 16.0 Å². The number of rotatable bonds is 5. The fourth-order valence-corrected chi connectivity index (χ4v) is 5.33. The molecule has 2 aliphatic heterocycles. The Kier molecular flexibility index (Phi) is 6.86. The minimum Gasteiger partial charge on any atom is -0.399 e. The number of alkyl halides is 3. The number of nitrogens with zero attached hydrogens (tertiary/aromatic N) is 5. The Balaban J connectivity index is 1.34. The minimum absolute atomic E-state index is 0.000840. The zero-order valence-electron chi connectivity index (χ0n) is 19.7. The van der Waals surface area contributed by atoms with Gasteiger partial charge in [0.25, 0.3) is 5.91 Å². The highest BCUT2D eigenvalue weighted by Gasteiger charge is 2.33. The molecule has 0 unspecified atom stereocenters. The summed E-state index contributed by atoms with van der Waals surface area (Å²) in [5.74, 6) is 0.0931. The summed E-state index contributed by atoms with van der Waals surface area (Å²) in [6, 6.07) is 2.82. The number of amides is 1. The van der Waals surface area contributed by atoms with Gasteiger partial charge in [0.2, 0.25) is 5.28 Å². The first-order chi connectivity index (χ1) is 17.6. The Morgan fingerprint density at radius 3 is 2.68 bits per heavy atom. The van der Waals surface area contributed by atoms with Crippen LogP contribution in [0.1, 0.15) is 45.8 Å². The Labute approximate surface area is 219 Å². The van der Waals surface area contributed by atoms with E-state index in [1.54, 1.807) is 17.2 Å². The molecule has 1 aromatic carbocycles. The summed E-state index contributed by atoms with van der Waals surface area (Å²) < 4.78 is 45.2. The topological polar surface area (TPSA) is 110 Å². The quantitative estimate of drug-likeness (QED) is 0.354. The highest BCUT2D eigenvalue weighted by Crippen LogP contribution is 2.35.